The van der Waals surface area contributed by atoms with Gasteiger partial charge in [-0.2, -0.15) is 0 Å². The molecule has 7 nitrogen and oxygen atoms in total. The minimum atomic E-state index is -0.0481. The second-order valence-electron chi connectivity index (χ2n) is 7.30. The number of carbonyl (C=O) groups is 2. The third-order valence-electron chi connectivity index (χ3n) is 5.03. The van der Waals surface area contributed by atoms with E-state index in [4.69, 9.17) is 21.1 Å². The lowest BCUT2D eigenvalue weighted by atomic mass is 10.1. The average molecular weight is 406 g/mol. The Bertz CT molecular complexity index is 786. The number of piperazine rings is 1. The Kier molecular flexibility index (Phi) is 5.73. The van der Waals surface area contributed by atoms with Gasteiger partial charge in [0.25, 0.3) is 0 Å². The first-order valence-corrected chi connectivity index (χ1v) is 10.0. The number of hydrogen-bond donors (Lipinski definition) is 1. The third-order valence-corrected chi connectivity index (χ3v) is 5.31. The van der Waals surface area contributed by atoms with E-state index in [2.05, 4.69) is 10.2 Å². The van der Waals surface area contributed by atoms with E-state index in [9.17, 15) is 9.59 Å². The fraction of sp³-hybridized carbons (Fsp3) is 0.500. The van der Waals surface area contributed by atoms with Crippen LogP contribution in [0.3, 0.4) is 0 Å². The van der Waals surface area contributed by atoms with Crippen LogP contribution < -0.4 is 14.8 Å². The maximum absolute atomic E-state index is 12.5. The summed E-state index contributed by atoms with van der Waals surface area (Å²) in [6.07, 6.45) is 5.48. The van der Waals surface area contributed by atoms with Crippen LogP contribution >= 0.6 is 11.6 Å². The second-order valence-corrected chi connectivity index (χ2v) is 7.71. The van der Waals surface area contributed by atoms with Crippen molar-refractivity contribution in [1.29, 1.82) is 0 Å². The van der Waals surface area contributed by atoms with Crippen molar-refractivity contribution in [1.82, 2.24) is 15.1 Å². The van der Waals surface area contributed by atoms with Gasteiger partial charge >= 0.3 is 0 Å². The number of rotatable bonds is 5. The molecule has 1 saturated carbocycles. The molecule has 1 aromatic carbocycles. The van der Waals surface area contributed by atoms with Crippen molar-refractivity contribution in [2.75, 3.05) is 45.9 Å². The monoisotopic (exact) mass is 405 g/mol. The zero-order chi connectivity index (χ0) is 19.5. The van der Waals surface area contributed by atoms with Gasteiger partial charge in [0, 0.05) is 38.3 Å². The molecule has 28 heavy (non-hydrogen) atoms. The van der Waals surface area contributed by atoms with Gasteiger partial charge in [0.2, 0.25) is 11.8 Å². The summed E-state index contributed by atoms with van der Waals surface area (Å²) in [6, 6.07) is 3.96. The molecule has 1 aromatic rings. The topological polar surface area (TPSA) is 71.1 Å². The van der Waals surface area contributed by atoms with Gasteiger partial charge in [-0.1, -0.05) is 11.6 Å². The molecule has 1 N–H and O–H groups in total. The van der Waals surface area contributed by atoms with Gasteiger partial charge in [0.05, 0.1) is 11.6 Å². The van der Waals surface area contributed by atoms with Crippen molar-refractivity contribution < 1.29 is 19.1 Å². The van der Waals surface area contributed by atoms with E-state index in [-0.39, 0.29) is 11.8 Å². The molecule has 0 bridgehead atoms. The van der Waals surface area contributed by atoms with Crippen LogP contribution in [-0.4, -0.2) is 73.6 Å². The van der Waals surface area contributed by atoms with Gasteiger partial charge in [0.15, 0.2) is 11.5 Å². The van der Waals surface area contributed by atoms with E-state index in [1.807, 2.05) is 6.07 Å². The van der Waals surface area contributed by atoms with Crippen LogP contribution in [0.2, 0.25) is 5.02 Å². The number of nitrogens with zero attached hydrogens (tertiary/aromatic N) is 2. The summed E-state index contributed by atoms with van der Waals surface area (Å²) >= 11 is 6.23. The van der Waals surface area contributed by atoms with Gasteiger partial charge in [-0.05, 0) is 36.6 Å². The Morgan fingerprint density at radius 2 is 1.89 bits per heavy atom. The largest absolute Gasteiger partial charge is 0.486 e. The van der Waals surface area contributed by atoms with Crippen molar-refractivity contribution in [2.45, 2.75) is 18.9 Å². The summed E-state index contributed by atoms with van der Waals surface area (Å²) in [6.45, 7) is 4.00. The number of ether oxygens (including phenoxy) is 2. The summed E-state index contributed by atoms with van der Waals surface area (Å²) in [4.78, 5) is 28.3. The molecule has 2 heterocycles. The summed E-state index contributed by atoms with van der Waals surface area (Å²) in [5.41, 5.74) is 0.790. The highest BCUT2D eigenvalue weighted by atomic mass is 35.5. The molecule has 150 valence electrons. The van der Waals surface area contributed by atoms with E-state index in [1.54, 1.807) is 23.1 Å². The van der Waals surface area contributed by atoms with Crippen LogP contribution in [0.5, 0.6) is 11.5 Å². The van der Waals surface area contributed by atoms with Crippen LogP contribution in [0.4, 0.5) is 0 Å². The minimum absolute atomic E-state index is 0.0481. The summed E-state index contributed by atoms with van der Waals surface area (Å²) in [5.74, 6) is 1.19. The van der Waals surface area contributed by atoms with Crippen molar-refractivity contribution in [3.63, 3.8) is 0 Å². The molecule has 1 saturated heterocycles. The molecule has 2 amide bonds. The van der Waals surface area contributed by atoms with Gasteiger partial charge in [-0.3, -0.25) is 14.5 Å². The summed E-state index contributed by atoms with van der Waals surface area (Å²) in [5, 5.41) is 3.47. The smallest absolute Gasteiger partial charge is 0.246 e. The van der Waals surface area contributed by atoms with Gasteiger partial charge < -0.3 is 19.7 Å². The van der Waals surface area contributed by atoms with E-state index in [0.717, 1.165) is 18.4 Å². The van der Waals surface area contributed by atoms with Crippen LogP contribution in [0.1, 0.15) is 18.4 Å². The highest BCUT2D eigenvalue weighted by Crippen LogP contribution is 2.38. The standard InChI is InChI=1S/C20H24ClN3O4/c21-16-11-14(12-17-20(16)28-10-9-27-17)1-4-19(26)24-7-5-23(6-8-24)13-18(25)22-15-2-3-15/h1,4,11-12,15H,2-3,5-10,13H2,(H,22,25)/b4-1+. The number of amides is 2. The number of fused-ring (bicyclic) bond motifs is 1. The van der Waals surface area contributed by atoms with Crippen LogP contribution in [0, 0.1) is 0 Å². The number of carbonyl (C=O) groups excluding carboxylic acids is 2. The quantitative estimate of drug-likeness (QED) is 0.752. The Morgan fingerprint density at radius 3 is 2.64 bits per heavy atom. The predicted octanol–water partition coefficient (Wildman–Crippen LogP) is 1.55. The molecule has 3 aliphatic rings. The van der Waals surface area contributed by atoms with Crippen molar-refractivity contribution in [2.24, 2.45) is 0 Å². The molecule has 2 aliphatic heterocycles. The number of hydrogen-bond acceptors (Lipinski definition) is 5. The predicted molar refractivity (Wildman–Crippen MR) is 106 cm³/mol. The maximum Gasteiger partial charge on any atom is 0.246 e. The fourth-order valence-electron chi connectivity index (χ4n) is 3.33. The number of nitrogens with one attached hydrogen (secondary N) is 1. The zero-order valence-electron chi connectivity index (χ0n) is 15.7. The van der Waals surface area contributed by atoms with Gasteiger partial charge in [0.1, 0.15) is 13.2 Å². The highest BCUT2D eigenvalue weighted by molar-refractivity contribution is 6.32. The lowest BCUT2D eigenvalue weighted by Gasteiger charge is -2.33. The average Bonchev–Trinajstić information content (AvgIpc) is 3.50. The van der Waals surface area contributed by atoms with E-state index in [0.29, 0.717) is 68.5 Å². The van der Waals surface area contributed by atoms with Crippen LogP contribution in [0.25, 0.3) is 6.08 Å². The first-order valence-electron chi connectivity index (χ1n) is 9.66. The molecule has 0 unspecified atom stereocenters. The lowest BCUT2D eigenvalue weighted by Crippen LogP contribution is -2.51. The molecule has 4 rings (SSSR count). The van der Waals surface area contributed by atoms with Crippen LogP contribution in [-0.2, 0) is 9.59 Å². The first kappa shape index (κ1) is 19.1. The first-order chi connectivity index (χ1) is 13.6. The summed E-state index contributed by atoms with van der Waals surface area (Å²) in [7, 11) is 0. The SMILES string of the molecule is O=C(CN1CCN(C(=O)/C=C/c2cc(Cl)c3c(c2)OCCO3)CC1)NC1CC1. The van der Waals surface area contributed by atoms with E-state index in [1.165, 1.54) is 0 Å². The van der Waals surface area contributed by atoms with Crippen LogP contribution in [0.15, 0.2) is 18.2 Å². The molecule has 0 spiro atoms. The van der Waals surface area contributed by atoms with Crippen molar-refractivity contribution >= 4 is 29.5 Å². The molecule has 0 atom stereocenters. The highest BCUT2D eigenvalue weighted by Gasteiger charge is 2.26. The zero-order valence-corrected chi connectivity index (χ0v) is 16.4. The molecular weight excluding hydrogens is 382 g/mol. The third kappa shape index (κ3) is 4.77. The molecule has 2 fully saturated rings. The number of halogens is 1. The second kappa shape index (κ2) is 8.41. The Morgan fingerprint density at radius 1 is 1.14 bits per heavy atom. The molecular formula is C20H24ClN3O4. The van der Waals surface area contributed by atoms with Crippen molar-refractivity contribution in [3.05, 3.63) is 28.8 Å². The molecule has 8 heteroatoms. The molecule has 1 aliphatic carbocycles. The van der Waals surface area contributed by atoms with E-state index >= 15 is 0 Å². The van der Waals surface area contributed by atoms with Gasteiger partial charge in [-0.15, -0.1) is 0 Å². The lowest BCUT2D eigenvalue weighted by molar-refractivity contribution is -0.128. The Balaban J connectivity index is 1.28. The van der Waals surface area contributed by atoms with E-state index < -0.39 is 0 Å². The van der Waals surface area contributed by atoms with Gasteiger partial charge in [-0.25, -0.2) is 0 Å². The Hall–Kier alpha value is -2.25. The normalized spacial score (nSPS) is 19.7. The van der Waals surface area contributed by atoms with Crippen molar-refractivity contribution in [3.8, 4) is 11.5 Å². The molecule has 0 aromatic heterocycles. The minimum Gasteiger partial charge on any atom is -0.486 e. The Labute approximate surface area is 169 Å². The number of benzene rings is 1. The maximum atomic E-state index is 12.5. The fourth-order valence-corrected chi connectivity index (χ4v) is 3.60. The summed E-state index contributed by atoms with van der Waals surface area (Å²) < 4.78 is 11.1. The molecule has 0 radical (unpaired) electrons.